The first kappa shape index (κ1) is 14.8. The molecule has 0 unspecified atom stereocenters. The van der Waals surface area contributed by atoms with Crippen molar-refractivity contribution in [1.82, 2.24) is 4.98 Å². The second-order valence-corrected chi connectivity index (χ2v) is 5.76. The van der Waals surface area contributed by atoms with Crippen LogP contribution in [0.15, 0.2) is 36.5 Å². The van der Waals surface area contributed by atoms with Gasteiger partial charge in [0.25, 0.3) is 0 Å². The van der Waals surface area contributed by atoms with Crippen LogP contribution in [0.25, 0.3) is 0 Å². The molecule has 0 aliphatic carbocycles. The van der Waals surface area contributed by atoms with Crippen LogP contribution < -0.4 is 10.5 Å². The third-order valence-electron chi connectivity index (χ3n) is 3.05. The number of hydrogen-bond donors (Lipinski definition) is 2. The van der Waals surface area contributed by atoms with Crippen molar-refractivity contribution in [1.29, 1.82) is 0 Å². The van der Waals surface area contributed by atoms with Crippen LogP contribution in [0.1, 0.15) is 36.7 Å². The number of anilines is 1. The number of para-hydroxylation sites is 1. The summed E-state index contributed by atoms with van der Waals surface area (Å²) in [5.74, 6) is -0.249. The lowest BCUT2D eigenvalue weighted by atomic mass is 9.86. The van der Waals surface area contributed by atoms with E-state index in [1.807, 2.05) is 24.3 Å². The first-order chi connectivity index (χ1) is 9.79. The topological polar surface area (TPSA) is 85.4 Å². The molecule has 0 aliphatic rings. The predicted octanol–water partition coefficient (Wildman–Crippen LogP) is 3.45. The maximum atomic E-state index is 11.1. The Morgan fingerprint density at radius 2 is 1.95 bits per heavy atom. The van der Waals surface area contributed by atoms with E-state index in [4.69, 9.17) is 15.6 Å². The van der Waals surface area contributed by atoms with E-state index in [0.29, 0.717) is 5.75 Å². The van der Waals surface area contributed by atoms with Gasteiger partial charge in [-0.15, -0.1) is 0 Å². The van der Waals surface area contributed by atoms with Crippen LogP contribution in [-0.4, -0.2) is 16.1 Å². The Kier molecular flexibility index (Phi) is 3.84. The van der Waals surface area contributed by atoms with Crippen molar-refractivity contribution in [2.24, 2.45) is 0 Å². The largest absolute Gasteiger partial charge is 0.478 e. The minimum absolute atomic E-state index is 0.0201. The summed E-state index contributed by atoms with van der Waals surface area (Å²) in [6.07, 6.45) is 1.29. The molecule has 0 atom stereocenters. The number of carbonyl (C=O) groups is 1. The highest BCUT2D eigenvalue weighted by Gasteiger charge is 2.19. The molecule has 5 nitrogen and oxygen atoms in total. The van der Waals surface area contributed by atoms with Crippen LogP contribution in [-0.2, 0) is 5.41 Å². The molecule has 110 valence electrons. The molecule has 21 heavy (non-hydrogen) atoms. The predicted molar refractivity (Wildman–Crippen MR) is 80.8 cm³/mol. The number of aromatic carboxylic acids is 1. The number of nitrogens with two attached hydrogens (primary N) is 1. The number of nitrogen functional groups attached to an aromatic ring is 1. The number of carboxylic acids is 1. The molecule has 0 saturated carbocycles. The van der Waals surface area contributed by atoms with Crippen molar-refractivity contribution in [3.05, 3.63) is 47.7 Å². The summed E-state index contributed by atoms with van der Waals surface area (Å²) in [5.41, 5.74) is 6.59. The highest BCUT2D eigenvalue weighted by atomic mass is 16.5. The summed E-state index contributed by atoms with van der Waals surface area (Å²) in [5, 5.41) is 9.08. The van der Waals surface area contributed by atoms with Crippen molar-refractivity contribution in [3.63, 3.8) is 0 Å². The lowest BCUT2D eigenvalue weighted by Gasteiger charge is -2.22. The van der Waals surface area contributed by atoms with Crippen molar-refractivity contribution < 1.29 is 14.6 Å². The standard InChI is InChI=1S/C16H18N2O3/c1-16(2,3)11-6-4-5-7-13(11)21-14-8-10(15(19)20)12(17)9-18-14/h4-9H,17H2,1-3H3,(H,19,20). The molecule has 1 aromatic heterocycles. The fourth-order valence-electron chi connectivity index (χ4n) is 1.98. The Morgan fingerprint density at radius 3 is 2.57 bits per heavy atom. The second kappa shape index (κ2) is 5.44. The molecular formula is C16H18N2O3. The number of aromatic nitrogens is 1. The minimum Gasteiger partial charge on any atom is -0.478 e. The van der Waals surface area contributed by atoms with Gasteiger partial charge in [-0.3, -0.25) is 0 Å². The molecule has 0 amide bonds. The molecule has 0 radical (unpaired) electrons. The molecule has 1 heterocycles. The Morgan fingerprint density at radius 1 is 1.29 bits per heavy atom. The normalized spacial score (nSPS) is 11.2. The Hall–Kier alpha value is -2.56. The minimum atomic E-state index is -1.11. The molecule has 2 rings (SSSR count). The molecule has 3 N–H and O–H groups in total. The van der Waals surface area contributed by atoms with E-state index in [0.717, 1.165) is 5.56 Å². The molecule has 0 aliphatic heterocycles. The van der Waals surface area contributed by atoms with E-state index < -0.39 is 5.97 Å². The van der Waals surface area contributed by atoms with E-state index >= 15 is 0 Å². The number of nitrogens with zero attached hydrogens (tertiary/aromatic N) is 1. The Balaban J connectivity index is 2.40. The molecule has 1 aromatic carbocycles. The monoisotopic (exact) mass is 286 g/mol. The quantitative estimate of drug-likeness (QED) is 0.902. The maximum absolute atomic E-state index is 11.1. The molecule has 2 aromatic rings. The van der Waals surface area contributed by atoms with E-state index in [-0.39, 0.29) is 22.5 Å². The first-order valence-electron chi connectivity index (χ1n) is 6.55. The summed E-state index contributed by atoms with van der Waals surface area (Å²) in [7, 11) is 0. The molecule has 5 heteroatoms. The summed E-state index contributed by atoms with van der Waals surface area (Å²) >= 11 is 0. The van der Waals surface area contributed by atoms with Crippen LogP contribution in [0.3, 0.4) is 0 Å². The van der Waals surface area contributed by atoms with E-state index in [9.17, 15) is 4.79 Å². The Labute approximate surface area is 123 Å². The van der Waals surface area contributed by atoms with Gasteiger partial charge in [-0.25, -0.2) is 9.78 Å². The third kappa shape index (κ3) is 3.31. The van der Waals surface area contributed by atoms with Crippen LogP contribution in [0.5, 0.6) is 11.6 Å². The molecule has 0 saturated heterocycles. The second-order valence-electron chi connectivity index (χ2n) is 5.76. The number of benzene rings is 1. The average Bonchev–Trinajstić information content (AvgIpc) is 2.40. The highest BCUT2D eigenvalue weighted by Crippen LogP contribution is 2.33. The van der Waals surface area contributed by atoms with Crippen molar-refractivity contribution in [2.75, 3.05) is 5.73 Å². The van der Waals surface area contributed by atoms with E-state index in [1.165, 1.54) is 12.3 Å². The SMILES string of the molecule is CC(C)(C)c1ccccc1Oc1cc(C(=O)O)c(N)cn1. The van der Waals surface area contributed by atoms with Gasteiger partial charge in [0.2, 0.25) is 5.88 Å². The van der Waals surface area contributed by atoms with Crippen LogP contribution in [0.4, 0.5) is 5.69 Å². The first-order valence-corrected chi connectivity index (χ1v) is 6.55. The maximum Gasteiger partial charge on any atom is 0.338 e. The molecule has 0 spiro atoms. The van der Waals surface area contributed by atoms with Gasteiger partial charge >= 0.3 is 5.97 Å². The zero-order valence-electron chi connectivity index (χ0n) is 12.3. The van der Waals surface area contributed by atoms with Crippen LogP contribution in [0.2, 0.25) is 0 Å². The summed E-state index contributed by atoms with van der Waals surface area (Å²) < 4.78 is 5.75. The lowest BCUT2D eigenvalue weighted by Crippen LogP contribution is -2.12. The van der Waals surface area contributed by atoms with Gasteiger partial charge in [-0.2, -0.15) is 0 Å². The van der Waals surface area contributed by atoms with Crippen molar-refractivity contribution in [3.8, 4) is 11.6 Å². The van der Waals surface area contributed by atoms with E-state index in [2.05, 4.69) is 25.8 Å². The highest BCUT2D eigenvalue weighted by molar-refractivity contribution is 5.93. The molecular weight excluding hydrogens is 268 g/mol. The third-order valence-corrected chi connectivity index (χ3v) is 3.05. The number of ether oxygens (including phenoxy) is 1. The fraction of sp³-hybridized carbons (Fsp3) is 0.250. The fourth-order valence-corrected chi connectivity index (χ4v) is 1.98. The number of carboxylic acid groups (broad SMARTS) is 1. The van der Waals surface area contributed by atoms with Gasteiger partial charge in [-0.1, -0.05) is 39.0 Å². The van der Waals surface area contributed by atoms with Gasteiger partial charge in [0, 0.05) is 11.6 Å². The van der Waals surface area contributed by atoms with Gasteiger partial charge in [-0.05, 0) is 11.5 Å². The molecule has 0 bridgehead atoms. The van der Waals surface area contributed by atoms with E-state index in [1.54, 1.807) is 0 Å². The average molecular weight is 286 g/mol. The summed E-state index contributed by atoms with van der Waals surface area (Å²) in [6, 6.07) is 8.94. The summed E-state index contributed by atoms with van der Waals surface area (Å²) in [4.78, 5) is 15.1. The Bertz CT molecular complexity index is 675. The van der Waals surface area contributed by atoms with Crippen LogP contribution >= 0.6 is 0 Å². The van der Waals surface area contributed by atoms with Crippen LogP contribution in [0, 0.1) is 0 Å². The number of pyridine rings is 1. The number of hydrogen-bond acceptors (Lipinski definition) is 4. The van der Waals surface area contributed by atoms with Crippen molar-refractivity contribution in [2.45, 2.75) is 26.2 Å². The van der Waals surface area contributed by atoms with Crippen molar-refractivity contribution >= 4 is 11.7 Å². The zero-order chi connectivity index (χ0) is 15.6. The van der Waals surface area contributed by atoms with Gasteiger partial charge in [0.05, 0.1) is 17.4 Å². The number of rotatable bonds is 3. The lowest BCUT2D eigenvalue weighted by molar-refractivity contribution is 0.0697. The smallest absolute Gasteiger partial charge is 0.338 e. The van der Waals surface area contributed by atoms with Gasteiger partial charge in [0.15, 0.2) is 0 Å². The van der Waals surface area contributed by atoms with Gasteiger partial charge in [0.1, 0.15) is 5.75 Å². The molecule has 0 fully saturated rings. The van der Waals surface area contributed by atoms with Gasteiger partial charge < -0.3 is 15.6 Å². The summed E-state index contributed by atoms with van der Waals surface area (Å²) in [6.45, 7) is 6.23. The zero-order valence-corrected chi connectivity index (χ0v) is 12.3.